The summed E-state index contributed by atoms with van der Waals surface area (Å²) in [6.07, 6.45) is -0.695. The third kappa shape index (κ3) is 20.0. The second kappa shape index (κ2) is 23.9. The summed E-state index contributed by atoms with van der Waals surface area (Å²) in [5, 5.41) is 26.0. The number of hydrogen-bond donors (Lipinski definition) is 7. The van der Waals surface area contributed by atoms with Crippen molar-refractivity contribution in [1.82, 2.24) is 31.4 Å². The molecule has 2 heterocycles. The molecule has 0 bridgehead atoms. The van der Waals surface area contributed by atoms with Crippen LogP contribution in [0.4, 0.5) is 0 Å². The van der Waals surface area contributed by atoms with Crippen molar-refractivity contribution in [3.05, 3.63) is 0 Å². The number of nitrogens with zero attached hydrogens (tertiary/aromatic N) is 2. The molecular formula is C22H37N7O13. The zero-order valence-electron chi connectivity index (χ0n) is 23.8. The standard InChI is InChI=1S/C8H10N2O5.C5H10N2O2.C4H5NO3.C4H7NO3.CH5N/c1-9-5(11)4-8(14)15-10-6(12)2-3-7(10)13;1-6-4(8)3-5(9)7-2;6-3-1-2-4(7)5(3)8;1-5-3(6)2-4(7)8;1-2/h2-4H2,1H3,(H,9,11);3H2,1-2H3,(H,6,8)(H,7,9);8H,1-2H2;2H2,1H3,(H,5,6)(H,7,8);2H2,1H3. The molecule has 0 aromatic rings. The quantitative estimate of drug-likeness (QED) is 0.0822. The Morgan fingerprint density at radius 3 is 1.21 bits per heavy atom. The highest BCUT2D eigenvalue weighted by Gasteiger charge is 2.33. The highest BCUT2D eigenvalue weighted by Crippen LogP contribution is 2.12. The lowest BCUT2D eigenvalue weighted by molar-refractivity contribution is -0.197. The van der Waals surface area contributed by atoms with E-state index in [1.165, 1.54) is 35.2 Å². The molecule has 20 heteroatoms. The maximum Gasteiger partial charge on any atom is 0.342 e. The fourth-order valence-electron chi connectivity index (χ4n) is 2.12. The average Bonchev–Trinajstić information content (AvgIpc) is 3.43. The number of carbonyl (C=O) groups is 10. The molecule has 0 aromatic carbocycles. The fourth-order valence-corrected chi connectivity index (χ4v) is 2.12. The molecule has 0 spiro atoms. The minimum atomic E-state index is -1.11. The zero-order chi connectivity index (χ0) is 33.4. The van der Waals surface area contributed by atoms with Gasteiger partial charge in [0.05, 0.1) is 0 Å². The summed E-state index contributed by atoms with van der Waals surface area (Å²) in [4.78, 5) is 109. The van der Waals surface area contributed by atoms with Crippen LogP contribution in [0.3, 0.4) is 0 Å². The molecule has 2 saturated heterocycles. The summed E-state index contributed by atoms with van der Waals surface area (Å²) in [6.45, 7) is 0. The molecule has 2 aliphatic rings. The molecule has 238 valence electrons. The minimum absolute atomic E-state index is 0.0338. The first-order valence-electron chi connectivity index (χ1n) is 11.9. The van der Waals surface area contributed by atoms with Crippen LogP contribution < -0.4 is 27.0 Å². The third-order valence-electron chi connectivity index (χ3n) is 4.28. The number of hydrogen-bond acceptors (Lipinski definition) is 13. The van der Waals surface area contributed by atoms with E-state index < -0.39 is 60.2 Å². The number of imide groups is 2. The van der Waals surface area contributed by atoms with E-state index in [9.17, 15) is 47.9 Å². The van der Waals surface area contributed by atoms with Crippen LogP contribution in [0.2, 0.25) is 0 Å². The van der Waals surface area contributed by atoms with Crippen LogP contribution in [0, 0.1) is 0 Å². The van der Waals surface area contributed by atoms with E-state index in [1.54, 1.807) is 0 Å². The van der Waals surface area contributed by atoms with Gasteiger partial charge in [-0.25, -0.2) is 4.79 Å². The van der Waals surface area contributed by atoms with E-state index in [0.717, 1.165) is 0 Å². The lowest BCUT2D eigenvalue weighted by Gasteiger charge is -2.11. The number of rotatable bonds is 7. The van der Waals surface area contributed by atoms with Gasteiger partial charge in [0, 0.05) is 53.9 Å². The van der Waals surface area contributed by atoms with Gasteiger partial charge in [-0.05, 0) is 7.05 Å². The zero-order valence-corrected chi connectivity index (χ0v) is 23.8. The van der Waals surface area contributed by atoms with Crippen molar-refractivity contribution in [1.29, 1.82) is 0 Å². The second-order valence-electron chi connectivity index (χ2n) is 7.26. The van der Waals surface area contributed by atoms with Gasteiger partial charge in [0.15, 0.2) is 0 Å². The predicted molar refractivity (Wildman–Crippen MR) is 138 cm³/mol. The van der Waals surface area contributed by atoms with E-state index in [1.807, 2.05) is 0 Å². The normalized spacial score (nSPS) is 12.8. The Bertz CT molecular complexity index is 955. The first-order chi connectivity index (χ1) is 19.6. The van der Waals surface area contributed by atoms with Crippen molar-refractivity contribution in [3.63, 3.8) is 0 Å². The Morgan fingerprint density at radius 1 is 0.643 bits per heavy atom. The summed E-state index contributed by atoms with van der Waals surface area (Å²) in [5.74, 6) is -5.73. The van der Waals surface area contributed by atoms with Gasteiger partial charge in [0.2, 0.25) is 23.6 Å². The Hall–Kier alpha value is -4.98. The molecule has 42 heavy (non-hydrogen) atoms. The Morgan fingerprint density at radius 2 is 0.952 bits per heavy atom. The SMILES string of the molecule is CN.CNC(=O)CC(=O)NC.CNC(=O)CC(=O)O.CNC(=O)CC(=O)ON1C(=O)CCC1=O.O=C1CCC(=O)N1O. The lowest BCUT2D eigenvalue weighted by atomic mass is 10.4. The van der Waals surface area contributed by atoms with Gasteiger partial charge in [-0.2, -0.15) is 5.06 Å². The number of nitrogens with two attached hydrogens (primary N) is 1. The summed E-state index contributed by atoms with van der Waals surface area (Å²) >= 11 is 0. The van der Waals surface area contributed by atoms with Gasteiger partial charge in [-0.3, -0.25) is 48.4 Å². The Labute approximate surface area is 240 Å². The maximum absolute atomic E-state index is 11.0. The summed E-state index contributed by atoms with van der Waals surface area (Å²) in [7, 11) is 7.24. The van der Waals surface area contributed by atoms with Crippen LogP contribution in [0.1, 0.15) is 44.9 Å². The molecule has 0 aromatic heterocycles. The van der Waals surface area contributed by atoms with E-state index >= 15 is 0 Å². The van der Waals surface area contributed by atoms with Gasteiger partial charge in [-0.1, -0.05) is 0 Å². The van der Waals surface area contributed by atoms with Crippen LogP contribution in [-0.4, -0.2) is 115 Å². The predicted octanol–water partition coefficient (Wildman–Crippen LogP) is -4.10. The van der Waals surface area contributed by atoms with E-state index in [0.29, 0.717) is 5.06 Å². The molecule has 8 N–H and O–H groups in total. The van der Waals surface area contributed by atoms with Crippen molar-refractivity contribution in [2.45, 2.75) is 44.9 Å². The monoisotopic (exact) mass is 607 g/mol. The Balaban J connectivity index is -0.000000493. The van der Waals surface area contributed by atoms with Gasteiger partial charge < -0.3 is 36.9 Å². The van der Waals surface area contributed by atoms with Crippen LogP contribution in [0.15, 0.2) is 0 Å². The minimum Gasteiger partial charge on any atom is -0.481 e. The van der Waals surface area contributed by atoms with Crippen molar-refractivity contribution in [3.8, 4) is 0 Å². The number of carboxylic acid groups (broad SMARTS) is 1. The van der Waals surface area contributed by atoms with Crippen molar-refractivity contribution >= 4 is 59.2 Å². The van der Waals surface area contributed by atoms with Gasteiger partial charge in [-0.15, -0.1) is 5.06 Å². The molecule has 20 nitrogen and oxygen atoms in total. The topological polar surface area (TPSA) is 301 Å². The highest BCUT2D eigenvalue weighted by molar-refractivity contribution is 6.03. The first kappa shape index (κ1) is 41.5. The number of hydroxylamine groups is 4. The molecule has 0 unspecified atom stereocenters. The van der Waals surface area contributed by atoms with E-state index in [2.05, 4.69) is 31.8 Å². The van der Waals surface area contributed by atoms with Crippen molar-refractivity contribution < 1.29 is 63.1 Å². The van der Waals surface area contributed by atoms with Gasteiger partial charge in [0.1, 0.15) is 19.3 Å². The molecular weight excluding hydrogens is 570 g/mol. The van der Waals surface area contributed by atoms with Crippen LogP contribution >= 0.6 is 0 Å². The number of carbonyl (C=O) groups excluding carboxylic acids is 9. The molecule has 0 aliphatic carbocycles. The largest absolute Gasteiger partial charge is 0.481 e. The van der Waals surface area contributed by atoms with Gasteiger partial charge >= 0.3 is 11.9 Å². The summed E-state index contributed by atoms with van der Waals surface area (Å²) < 4.78 is 0. The highest BCUT2D eigenvalue weighted by atomic mass is 16.7. The molecule has 2 aliphatic heterocycles. The molecule has 2 fully saturated rings. The fraction of sp³-hybridized carbons (Fsp3) is 0.545. The average molecular weight is 608 g/mol. The molecule has 0 atom stereocenters. The van der Waals surface area contributed by atoms with Crippen molar-refractivity contribution in [2.24, 2.45) is 5.73 Å². The Kier molecular flexibility index (Phi) is 23.6. The number of nitrogens with one attached hydrogen (secondary N) is 4. The molecule has 0 radical (unpaired) electrons. The molecule has 0 saturated carbocycles. The van der Waals surface area contributed by atoms with E-state index in [4.69, 9.17) is 10.3 Å². The molecule has 2 rings (SSSR count). The summed E-state index contributed by atoms with van der Waals surface area (Å²) in [5.41, 5.74) is 4.50. The molecule has 8 amide bonds. The van der Waals surface area contributed by atoms with Crippen LogP contribution in [0.25, 0.3) is 0 Å². The van der Waals surface area contributed by atoms with E-state index in [-0.39, 0.29) is 49.0 Å². The lowest BCUT2D eigenvalue weighted by Crippen LogP contribution is -2.34. The number of amides is 8. The number of aliphatic carboxylic acids is 1. The summed E-state index contributed by atoms with van der Waals surface area (Å²) in [6, 6.07) is 0. The second-order valence-corrected chi connectivity index (χ2v) is 7.26. The number of carboxylic acids is 1. The third-order valence-corrected chi connectivity index (χ3v) is 4.28. The first-order valence-corrected chi connectivity index (χ1v) is 11.9. The van der Waals surface area contributed by atoms with Crippen LogP contribution in [-0.2, 0) is 52.8 Å². The van der Waals surface area contributed by atoms with Crippen molar-refractivity contribution in [2.75, 3.05) is 35.2 Å². The van der Waals surface area contributed by atoms with Gasteiger partial charge in [0.25, 0.3) is 23.6 Å². The maximum atomic E-state index is 11.0. The smallest absolute Gasteiger partial charge is 0.342 e. The van der Waals surface area contributed by atoms with Crippen LogP contribution in [0.5, 0.6) is 0 Å².